The van der Waals surface area contributed by atoms with Crippen molar-refractivity contribution in [1.29, 1.82) is 0 Å². The highest BCUT2D eigenvalue weighted by atomic mass is 16.1. The first-order valence-electron chi connectivity index (χ1n) is 3.53. The predicted molar refractivity (Wildman–Crippen MR) is 44.1 cm³/mol. The van der Waals surface area contributed by atoms with Crippen molar-refractivity contribution in [2.24, 2.45) is 4.99 Å². The van der Waals surface area contributed by atoms with Gasteiger partial charge in [-0.1, -0.05) is 6.92 Å². The molecule has 0 unspecified atom stereocenters. The van der Waals surface area contributed by atoms with Crippen molar-refractivity contribution < 1.29 is 4.79 Å². The van der Waals surface area contributed by atoms with Crippen LogP contribution in [0.1, 0.15) is 13.3 Å². The number of nitrogens with zero attached hydrogens (tertiary/aromatic N) is 1. The molecule has 0 atom stereocenters. The van der Waals surface area contributed by atoms with E-state index >= 15 is 0 Å². The number of hydrogen-bond acceptors (Lipinski definition) is 3. The fourth-order valence-electron chi connectivity index (χ4n) is 0.749. The zero-order valence-electron chi connectivity index (χ0n) is 6.37. The largest absolute Gasteiger partial charge is 0.357 e. The first-order chi connectivity index (χ1) is 5.34. The number of ketones is 1. The lowest BCUT2D eigenvalue weighted by Gasteiger charge is -2.00. The average Bonchev–Trinajstić information content (AvgIpc) is 2.30. The van der Waals surface area contributed by atoms with E-state index in [4.69, 9.17) is 0 Å². The van der Waals surface area contributed by atoms with Crippen molar-refractivity contribution in [2.75, 3.05) is 0 Å². The molecular weight excluding hydrogens is 140 g/mol. The van der Waals surface area contributed by atoms with E-state index in [-0.39, 0.29) is 5.78 Å². The smallest absolute Gasteiger partial charge is 0.178 e. The SMILES string of the molecule is CCC(=O)C1=CC=NC=CN1. The number of carbonyl (C=O) groups excluding carboxylic acids is 1. The normalized spacial score (nSPS) is 15.2. The van der Waals surface area contributed by atoms with Crippen LogP contribution in [-0.2, 0) is 4.79 Å². The molecule has 0 spiro atoms. The molecule has 0 aromatic heterocycles. The number of Topliss-reactive ketones (excluding diaryl/α,β-unsaturated/α-hetero) is 1. The number of nitrogens with one attached hydrogen (secondary N) is 1. The van der Waals surface area contributed by atoms with Crippen molar-refractivity contribution in [3.8, 4) is 0 Å². The minimum Gasteiger partial charge on any atom is -0.357 e. The molecule has 0 saturated carbocycles. The lowest BCUT2D eigenvalue weighted by Crippen LogP contribution is -2.13. The maximum absolute atomic E-state index is 11.1. The van der Waals surface area contributed by atoms with Gasteiger partial charge in [0.15, 0.2) is 5.78 Å². The summed E-state index contributed by atoms with van der Waals surface area (Å²) in [6, 6.07) is 0. The molecule has 0 aromatic rings. The van der Waals surface area contributed by atoms with Crippen LogP contribution >= 0.6 is 0 Å². The van der Waals surface area contributed by atoms with Crippen LogP contribution in [0.5, 0.6) is 0 Å². The van der Waals surface area contributed by atoms with Crippen molar-refractivity contribution >= 4 is 12.0 Å². The molecule has 1 heterocycles. The monoisotopic (exact) mass is 150 g/mol. The minimum absolute atomic E-state index is 0.100. The van der Waals surface area contributed by atoms with E-state index in [1.54, 1.807) is 24.7 Å². The van der Waals surface area contributed by atoms with Crippen molar-refractivity contribution in [3.63, 3.8) is 0 Å². The van der Waals surface area contributed by atoms with Gasteiger partial charge in [0.2, 0.25) is 0 Å². The Kier molecular flexibility index (Phi) is 2.60. The summed E-state index contributed by atoms with van der Waals surface area (Å²) in [6.07, 6.45) is 7.03. The standard InChI is InChI=1S/C8H10N2O/c1-2-8(11)7-3-4-9-5-6-10-7/h3-6,10H,2H2,1H3. The lowest BCUT2D eigenvalue weighted by atomic mass is 10.2. The third-order valence-corrected chi connectivity index (χ3v) is 1.35. The summed E-state index contributed by atoms with van der Waals surface area (Å²) in [5.41, 5.74) is 0.602. The molecule has 11 heavy (non-hydrogen) atoms. The van der Waals surface area contributed by atoms with Gasteiger partial charge in [0.1, 0.15) is 0 Å². The molecule has 1 rings (SSSR count). The van der Waals surface area contributed by atoms with Gasteiger partial charge in [0.25, 0.3) is 0 Å². The van der Waals surface area contributed by atoms with Crippen molar-refractivity contribution in [3.05, 3.63) is 24.2 Å². The molecule has 3 nitrogen and oxygen atoms in total. The first-order valence-corrected chi connectivity index (χ1v) is 3.53. The van der Waals surface area contributed by atoms with Crippen LogP contribution in [0.15, 0.2) is 29.2 Å². The maximum atomic E-state index is 11.1. The Morgan fingerprint density at radius 2 is 2.55 bits per heavy atom. The Labute approximate surface area is 65.5 Å². The zero-order chi connectivity index (χ0) is 8.10. The molecule has 58 valence electrons. The molecule has 1 N–H and O–H groups in total. The van der Waals surface area contributed by atoms with Gasteiger partial charge in [0.05, 0.1) is 5.70 Å². The van der Waals surface area contributed by atoms with E-state index in [0.29, 0.717) is 12.1 Å². The number of hydrogen-bond donors (Lipinski definition) is 1. The Morgan fingerprint density at radius 1 is 1.73 bits per heavy atom. The number of allylic oxidation sites excluding steroid dienone is 2. The molecule has 0 radical (unpaired) electrons. The number of rotatable bonds is 2. The third-order valence-electron chi connectivity index (χ3n) is 1.35. The molecule has 0 amide bonds. The average molecular weight is 150 g/mol. The van der Waals surface area contributed by atoms with Gasteiger partial charge in [-0.2, -0.15) is 0 Å². The van der Waals surface area contributed by atoms with Crippen LogP contribution in [0.2, 0.25) is 0 Å². The van der Waals surface area contributed by atoms with Crippen LogP contribution in [0.3, 0.4) is 0 Å². The zero-order valence-corrected chi connectivity index (χ0v) is 6.37. The number of aliphatic imine (C=N–C) groups is 1. The topological polar surface area (TPSA) is 41.5 Å². The molecule has 0 bridgehead atoms. The fraction of sp³-hybridized carbons (Fsp3) is 0.250. The van der Waals surface area contributed by atoms with Gasteiger partial charge in [-0.3, -0.25) is 9.79 Å². The van der Waals surface area contributed by atoms with Crippen LogP contribution < -0.4 is 5.32 Å². The highest BCUT2D eigenvalue weighted by Crippen LogP contribution is 1.96. The summed E-state index contributed by atoms with van der Waals surface area (Å²) in [6.45, 7) is 1.83. The predicted octanol–water partition coefficient (Wildman–Crippen LogP) is 0.995. The molecule has 0 saturated heterocycles. The van der Waals surface area contributed by atoms with Gasteiger partial charge >= 0.3 is 0 Å². The van der Waals surface area contributed by atoms with Crippen LogP contribution in [-0.4, -0.2) is 12.0 Å². The second-order valence-corrected chi connectivity index (χ2v) is 2.12. The van der Waals surface area contributed by atoms with Gasteiger partial charge in [0, 0.05) is 25.0 Å². The van der Waals surface area contributed by atoms with E-state index in [1.165, 1.54) is 0 Å². The van der Waals surface area contributed by atoms with Crippen LogP contribution in [0.4, 0.5) is 0 Å². The summed E-state index contributed by atoms with van der Waals surface area (Å²) >= 11 is 0. The fourth-order valence-corrected chi connectivity index (χ4v) is 0.749. The molecular formula is C8H10N2O. The Hall–Kier alpha value is -1.38. The lowest BCUT2D eigenvalue weighted by molar-refractivity contribution is -0.115. The molecule has 0 aliphatic carbocycles. The summed E-state index contributed by atoms with van der Waals surface area (Å²) in [4.78, 5) is 14.9. The maximum Gasteiger partial charge on any atom is 0.178 e. The Morgan fingerprint density at radius 3 is 3.27 bits per heavy atom. The highest BCUT2D eigenvalue weighted by molar-refractivity contribution is 5.98. The van der Waals surface area contributed by atoms with Gasteiger partial charge in [-0.15, -0.1) is 0 Å². The third kappa shape index (κ3) is 2.04. The second-order valence-electron chi connectivity index (χ2n) is 2.12. The highest BCUT2D eigenvalue weighted by Gasteiger charge is 2.03. The summed E-state index contributed by atoms with van der Waals surface area (Å²) in [5, 5.41) is 2.84. The van der Waals surface area contributed by atoms with E-state index in [0.717, 1.165) is 0 Å². The van der Waals surface area contributed by atoms with Crippen molar-refractivity contribution in [1.82, 2.24) is 5.32 Å². The number of carbonyl (C=O) groups is 1. The Bertz CT molecular complexity index is 238. The quantitative estimate of drug-likeness (QED) is 0.637. The first kappa shape index (κ1) is 7.72. The molecule has 0 aromatic carbocycles. The molecule has 0 fully saturated rings. The molecule has 3 heteroatoms. The van der Waals surface area contributed by atoms with Gasteiger partial charge in [-0.25, -0.2) is 0 Å². The second kappa shape index (κ2) is 3.71. The molecule has 1 aliphatic rings. The summed E-state index contributed by atoms with van der Waals surface area (Å²) in [5.74, 6) is 0.100. The van der Waals surface area contributed by atoms with Gasteiger partial charge < -0.3 is 5.32 Å². The Balaban J connectivity index is 2.72. The van der Waals surface area contributed by atoms with E-state index in [2.05, 4.69) is 10.3 Å². The van der Waals surface area contributed by atoms with E-state index in [1.807, 2.05) is 6.92 Å². The van der Waals surface area contributed by atoms with Crippen LogP contribution in [0, 0.1) is 0 Å². The van der Waals surface area contributed by atoms with Gasteiger partial charge in [-0.05, 0) is 6.08 Å². The summed E-state index contributed by atoms with van der Waals surface area (Å²) < 4.78 is 0. The minimum atomic E-state index is 0.100. The van der Waals surface area contributed by atoms with Crippen molar-refractivity contribution in [2.45, 2.75) is 13.3 Å². The van der Waals surface area contributed by atoms with Crippen LogP contribution in [0.25, 0.3) is 0 Å². The summed E-state index contributed by atoms with van der Waals surface area (Å²) in [7, 11) is 0. The van der Waals surface area contributed by atoms with E-state index in [9.17, 15) is 4.79 Å². The van der Waals surface area contributed by atoms with E-state index < -0.39 is 0 Å². The molecule has 1 aliphatic heterocycles.